The first-order valence-corrected chi connectivity index (χ1v) is 8.72. The fourth-order valence-electron chi connectivity index (χ4n) is 3.91. The molecular weight excluding hydrogens is 272 g/mol. The van der Waals surface area contributed by atoms with Gasteiger partial charge in [-0.2, -0.15) is 0 Å². The fraction of sp³-hybridized carbons (Fsp3) is 0.632. The summed E-state index contributed by atoms with van der Waals surface area (Å²) in [5.41, 5.74) is 1.33. The molecule has 1 amide bonds. The number of benzene rings is 1. The second-order valence-corrected chi connectivity index (χ2v) is 7.09. The predicted molar refractivity (Wildman–Crippen MR) is 89.7 cm³/mol. The van der Waals surface area contributed by atoms with Crippen LogP contribution in [0.4, 0.5) is 0 Å². The van der Waals surface area contributed by atoms with Crippen molar-refractivity contribution in [2.45, 2.75) is 45.6 Å². The van der Waals surface area contributed by atoms with E-state index in [9.17, 15) is 4.79 Å². The third-order valence-corrected chi connectivity index (χ3v) is 5.53. The molecule has 2 saturated heterocycles. The first-order valence-electron chi connectivity index (χ1n) is 8.72. The van der Waals surface area contributed by atoms with Gasteiger partial charge in [0.15, 0.2) is 0 Å². The Morgan fingerprint density at radius 3 is 2.68 bits per heavy atom. The number of hydrogen-bond acceptors (Lipinski definition) is 2. The van der Waals surface area contributed by atoms with Crippen molar-refractivity contribution in [1.82, 2.24) is 9.80 Å². The van der Waals surface area contributed by atoms with Crippen molar-refractivity contribution >= 4 is 5.91 Å². The second-order valence-electron chi connectivity index (χ2n) is 7.09. The van der Waals surface area contributed by atoms with Gasteiger partial charge >= 0.3 is 0 Å². The maximum absolute atomic E-state index is 12.7. The van der Waals surface area contributed by atoms with E-state index in [0.29, 0.717) is 11.9 Å². The molecule has 2 atom stereocenters. The van der Waals surface area contributed by atoms with Crippen LogP contribution in [-0.4, -0.2) is 47.9 Å². The molecule has 2 aliphatic heterocycles. The van der Waals surface area contributed by atoms with Gasteiger partial charge in [-0.25, -0.2) is 0 Å². The zero-order valence-corrected chi connectivity index (χ0v) is 13.9. The maximum Gasteiger partial charge on any atom is 0.232 e. The molecule has 1 spiro atoms. The Morgan fingerprint density at radius 1 is 1.23 bits per heavy atom. The van der Waals surface area contributed by atoms with Crippen molar-refractivity contribution in [3.05, 3.63) is 35.9 Å². The van der Waals surface area contributed by atoms with E-state index in [1.54, 1.807) is 0 Å². The highest BCUT2D eigenvalue weighted by molar-refractivity contribution is 5.89. The molecule has 0 radical (unpaired) electrons. The Labute approximate surface area is 134 Å². The van der Waals surface area contributed by atoms with Crippen LogP contribution in [0.5, 0.6) is 0 Å². The highest BCUT2D eigenvalue weighted by atomic mass is 16.2. The molecule has 3 heteroatoms. The molecule has 3 rings (SSSR count). The molecule has 1 aromatic carbocycles. The Kier molecular flexibility index (Phi) is 4.53. The number of amides is 1. The first kappa shape index (κ1) is 15.5. The molecule has 2 heterocycles. The molecule has 0 bridgehead atoms. The van der Waals surface area contributed by atoms with E-state index < -0.39 is 0 Å². The Hall–Kier alpha value is -1.35. The van der Waals surface area contributed by atoms with Crippen LogP contribution in [0.15, 0.2) is 30.3 Å². The third-order valence-electron chi connectivity index (χ3n) is 5.53. The minimum atomic E-state index is -0.0572. The summed E-state index contributed by atoms with van der Waals surface area (Å²) in [6.07, 6.45) is 4.38. The van der Waals surface area contributed by atoms with E-state index in [2.05, 4.69) is 54.0 Å². The number of carbonyl (C=O) groups excluding carboxylic acids is 1. The predicted octanol–water partition coefficient (Wildman–Crippen LogP) is 2.95. The van der Waals surface area contributed by atoms with E-state index in [1.807, 2.05) is 0 Å². The average Bonchev–Trinajstić information content (AvgIpc) is 2.58. The fourth-order valence-corrected chi connectivity index (χ4v) is 3.91. The van der Waals surface area contributed by atoms with Crippen LogP contribution >= 0.6 is 0 Å². The molecular formula is C19H28N2O. The van der Waals surface area contributed by atoms with E-state index in [4.69, 9.17) is 0 Å². The first-order chi connectivity index (χ1) is 10.6. The lowest BCUT2D eigenvalue weighted by Crippen LogP contribution is -2.68. The van der Waals surface area contributed by atoms with Gasteiger partial charge in [-0.1, -0.05) is 37.3 Å². The van der Waals surface area contributed by atoms with Gasteiger partial charge < -0.3 is 9.80 Å². The minimum Gasteiger partial charge on any atom is -0.338 e. The molecule has 22 heavy (non-hydrogen) atoms. The Balaban J connectivity index is 1.55. The number of piperidine rings is 1. The number of nitrogens with zero attached hydrogens (tertiary/aromatic N) is 2. The normalized spacial score (nSPS) is 27.0. The summed E-state index contributed by atoms with van der Waals surface area (Å²) in [7, 11) is 0. The molecule has 0 aliphatic carbocycles. The topological polar surface area (TPSA) is 23.6 Å². The number of rotatable bonds is 5. The molecule has 0 N–H and O–H groups in total. The number of hydrogen-bond donors (Lipinski definition) is 0. The molecule has 2 fully saturated rings. The Morgan fingerprint density at radius 2 is 2.00 bits per heavy atom. The highest BCUT2D eigenvalue weighted by Crippen LogP contribution is 2.41. The van der Waals surface area contributed by atoms with Gasteiger partial charge in [-0.05, 0) is 44.7 Å². The molecule has 2 aliphatic rings. The van der Waals surface area contributed by atoms with Crippen LogP contribution in [0.25, 0.3) is 0 Å². The van der Waals surface area contributed by atoms with Gasteiger partial charge in [0.25, 0.3) is 0 Å². The van der Waals surface area contributed by atoms with Crippen molar-refractivity contribution in [3.8, 4) is 0 Å². The molecule has 0 unspecified atom stereocenters. The van der Waals surface area contributed by atoms with Crippen LogP contribution in [0.2, 0.25) is 0 Å². The largest absolute Gasteiger partial charge is 0.338 e. The van der Waals surface area contributed by atoms with Crippen LogP contribution < -0.4 is 0 Å². The quantitative estimate of drug-likeness (QED) is 0.781. The van der Waals surface area contributed by atoms with Gasteiger partial charge in [0.2, 0.25) is 5.91 Å². The zero-order chi connectivity index (χ0) is 15.6. The number of carbonyl (C=O) groups is 1. The van der Waals surface area contributed by atoms with Gasteiger partial charge in [-0.15, -0.1) is 0 Å². The van der Waals surface area contributed by atoms with E-state index in [-0.39, 0.29) is 5.41 Å². The maximum atomic E-state index is 12.7. The Bertz CT molecular complexity index is 515. The lowest BCUT2D eigenvalue weighted by atomic mass is 9.71. The van der Waals surface area contributed by atoms with E-state index in [1.165, 1.54) is 5.56 Å². The van der Waals surface area contributed by atoms with Gasteiger partial charge in [-0.3, -0.25) is 4.79 Å². The summed E-state index contributed by atoms with van der Waals surface area (Å²) in [5.74, 6) is 0.409. The van der Waals surface area contributed by atoms with E-state index in [0.717, 1.165) is 51.9 Å². The van der Waals surface area contributed by atoms with Crippen LogP contribution in [-0.2, 0) is 11.2 Å². The highest BCUT2D eigenvalue weighted by Gasteiger charge is 2.54. The summed E-state index contributed by atoms with van der Waals surface area (Å²) in [5, 5.41) is 0. The second kappa shape index (κ2) is 6.41. The monoisotopic (exact) mass is 300 g/mol. The standard InChI is InChI=1S/C19H28N2O/c1-3-16(2)21-15-19(18(21)22)11-7-12-20(14-19)13-10-17-8-5-4-6-9-17/h4-6,8-9,16H,3,7,10-15H2,1-2H3/t16-,19-/m0/s1. The summed E-state index contributed by atoms with van der Waals surface area (Å²) >= 11 is 0. The molecule has 120 valence electrons. The lowest BCUT2D eigenvalue weighted by molar-refractivity contribution is -0.170. The van der Waals surface area contributed by atoms with Crippen molar-refractivity contribution in [1.29, 1.82) is 0 Å². The van der Waals surface area contributed by atoms with Crippen LogP contribution in [0.1, 0.15) is 38.7 Å². The molecule has 0 aromatic heterocycles. The van der Waals surface area contributed by atoms with Gasteiger partial charge in [0.1, 0.15) is 0 Å². The molecule has 1 aromatic rings. The summed E-state index contributed by atoms with van der Waals surface area (Å²) in [4.78, 5) is 17.2. The summed E-state index contributed by atoms with van der Waals surface area (Å²) in [6, 6.07) is 11.1. The zero-order valence-electron chi connectivity index (χ0n) is 13.9. The lowest BCUT2D eigenvalue weighted by Gasteiger charge is -2.55. The van der Waals surface area contributed by atoms with Crippen molar-refractivity contribution in [3.63, 3.8) is 0 Å². The summed E-state index contributed by atoms with van der Waals surface area (Å²) < 4.78 is 0. The van der Waals surface area contributed by atoms with Gasteiger partial charge in [0.05, 0.1) is 5.41 Å². The van der Waals surface area contributed by atoms with Crippen LogP contribution in [0, 0.1) is 5.41 Å². The molecule has 3 nitrogen and oxygen atoms in total. The average molecular weight is 300 g/mol. The van der Waals surface area contributed by atoms with E-state index >= 15 is 0 Å². The van der Waals surface area contributed by atoms with Crippen molar-refractivity contribution < 1.29 is 4.79 Å². The number of β-lactam (4-membered cyclic amide) rings is 1. The van der Waals surface area contributed by atoms with Crippen LogP contribution in [0.3, 0.4) is 0 Å². The minimum absolute atomic E-state index is 0.0572. The smallest absolute Gasteiger partial charge is 0.232 e. The van der Waals surface area contributed by atoms with Crippen molar-refractivity contribution in [2.75, 3.05) is 26.2 Å². The number of likely N-dealkylation sites (tertiary alicyclic amines) is 2. The SMILES string of the molecule is CC[C@H](C)N1C[C@@]2(CCCN(CCc3ccccc3)C2)C1=O. The van der Waals surface area contributed by atoms with Gasteiger partial charge in [0, 0.05) is 25.7 Å². The summed E-state index contributed by atoms with van der Waals surface area (Å²) in [6.45, 7) is 8.48. The molecule has 0 saturated carbocycles. The van der Waals surface area contributed by atoms with Crippen molar-refractivity contribution in [2.24, 2.45) is 5.41 Å². The third kappa shape index (κ3) is 2.91.